The van der Waals surface area contributed by atoms with Gasteiger partial charge in [-0.2, -0.15) is 5.26 Å². The highest BCUT2D eigenvalue weighted by Crippen LogP contribution is 2.14. The van der Waals surface area contributed by atoms with Crippen LogP contribution in [0.25, 0.3) is 0 Å². The summed E-state index contributed by atoms with van der Waals surface area (Å²) < 4.78 is 5.25. The second kappa shape index (κ2) is 5.85. The molecule has 1 aliphatic rings. The van der Waals surface area contributed by atoms with Crippen LogP contribution in [-0.4, -0.2) is 36.6 Å². The predicted molar refractivity (Wildman–Crippen MR) is 71.6 cm³/mol. The molecule has 4 heteroatoms. The Morgan fingerprint density at radius 1 is 1.53 bits per heavy atom. The summed E-state index contributed by atoms with van der Waals surface area (Å²) in [5, 5.41) is 8.85. The van der Waals surface area contributed by atoms with Crippen molar-refractivity contribution in [2.45, 2.75) is 26.4 Å². The van der Waals surface area contributed by atoms with Gasteiger partial charge in [0.2, 0.25) is 5.91 Å². The van der Waals surface area contributed by atoms with E-state index in [1.807, 2.05) is 26.0 Å². The molecule has 0 bridgehead atoms. The fourth-order valence-corrected chi connectivity index (χ4v) is 2.22. The normalized spacial score (nSPS) is 19.0. The van der Waals surface area contributed by atoms with Crippen LogP contribution in [0, 0.1) is 25.2 Å². The Balaban J connectivity index is 2.04. The van der Waals surface area contributed by atoms with E-state index >= 15 is 0 Å². The molecule has 1 atom stereocenters. The molecule has 0 spiro atoms. The smallest absolute Gasteiger partial charge is 0.227 e. The van der Waals surface area contributed by atoms with E-state index in [1.165, 1.54) is 0 Å². The van der Waals surface area contributed by atoms with Crippen molar-refractivity contribution in [3.63, 3.8) is 0 Å². The lowest BCUT2D eigenvalue weighted by Gasteiger charge is -2.30. The van der Waals surface area contributed by atoms with Crippen molar-refractivity contribution >= 4 is 5.91 Å². The number of nitriles is 1. The molecule has 1 aromatic rings. The predicted octanol–water partition coefficient (Wildman–Crippen LogP) is 1.60. The van der Waals surface area contributed by atoms with Gasteiger partial charge in [0.15, 0.2) is 6.10 Å². The minimum absolute atomic E-state index is 0.0669. The highest BCUT2D eigenvalue weighted by Gasteiger charge is 2.24. The molecular formula is C15H18N2O2. The SMILES string of the molecule is Cc1ccc(C)c(CC(=O)N2CCO[C@@H](C#N)C2)c1. The Morgan fingerprint density at radius 3 is 3.05 bits per heavy atom. The van der Waals surface area contributed by atoms with Crippen LogP contribution in [-0.2, 0) is 16.0 Å². The molecule has 1 amide bonds. The highest BCUT2D eigenvalue weighted by molar-refractivity contribution is 5.79. The Bertz CT molecular complexity index is 519. The molecule has 0 saturated carbocycles. The Labute approximate surface area is 113 Å². The van der Waals surface area contributed by atoms with Gasteiger partial charge in [-0.1, -0.05) is 23.8 Å². The molecule has 0 aromatic heterocycles. The van der Waals surface area contributed by atoms with Gasteiger partial charge in [-0.15, -0.1) is 0 Å². The fourth-order valence-electron chi connectivity index (χ4n) is 2.22. The van der Waals surface area contributed by atoms with Crippen LogP contribution in [0.15, 0.2) is 18.2 Å². The van der Waals surface area contributed by atoms with E-state index in [0.717, 1.165) is 16.7 Å². The van der Waals surface area contributed by atoms with E-state index in [4.69, 9.17) is 10.00 Å². The zero-order valence-electron chi connectivity index (χ0n) is 11.3. The summed E-state index contributed by atoms with van der Waals surface area (Å²) in [6.07, 6.45) is -0.0950. The summed E-state index contributed by atoms with van der Waals surface area (Å²) in [5.41, 5.74) is 3.35. The molecule has 1 aromatic carbocycles. The molecule has 0 aliphatic carbocycles. The number of carbonyl (C=O) groups is 1. The van der Waals surface area contributed by atoms with E-state index in [1.54, 1.807) is 4.90 Å². The van der Waals surface area contributed by atoms with Crippen LogP contribution >= 0.6 is 0 Å². The lowest BCUT2D eigenvalue weighted by Crippen LogP contribution is -2.45. The molecule has 4 nitrogen and oxygen atoms in total. The number of nitrogens with zero attached hydrogens (tertiary/aromatic N) is 2. The summed E-state index contributed by atoms with van der Waals surface area (Å²) in [4.78, 5) is 14.0. The first-order valence-corrected chi connectivity index (χ1v) is 6.45. The highest BCUT2D eigenvalue weighted by atomic mass is 16.5. The second-order valence-electron chi connectivity index (χ2n) is 4.94. The van der Waals surface area contributed by atoms with Gasteiger partial charge in [-0.25, -0.2) is 0 Å². The van der Waals surface area contributed by atoms with Crippen LogP contribution in [0.2, 0.25) is 0 Å². The molecule has 1 heterocycles. The van der Waals surface area contributed by atoms with Crippen molar-refractivity contribution in [3.05, 3.63) is 34.9 Å². The Morgan fingerprint density at radius 2 is 2.32 bits per heavy atom. The molecule has 19 heavy (non-hydrogen) atoms. The number of benzene rings is 1. The van der Waals surface area contributed by atoms with Crippen LogP contribution in [0.3, 0.4) is 0 Å². The first kappa shape index (κ1) is 13.6. The average Bonchev–Trinajstić information content (AvgIpc) is 2.43. The Hall–Kier alpha value is -1.86. The zero-order valence-corrected chi connectivity index (χ0v) is 11.3. The van der Waals surface area contributed by atoms with Gasteiger partial charge in [0.1, 0.15) is 0 Å². The third-order valence-corrected chi connectivity index (χ3v) is 3.41. The maximum atomic E-state index is 12.3. The van der Waals surface area contributed by atoms with Gasteiger partial charge in [-0.3, -0.25) is 4.79 Å². The molecule has 0 N–H and O–H groups in total. The lowest BCUT2D eigenvalue weighted by molar-refractivity contribution is -0.136. The molecule has 2 rings (SSSR count). The van der Waals surface area contributed by atoms with Gasteiger partial charge in [0.05, 0.1) is 25.6 Å². The monoisotopic (exact) mass is 258 g/mol. The molecule has 0 radical (unpaired) electrons. The minimum Gasteiger partial charge on any atom is -0.360 e. The molecule has 1 saturated heterocycles. The van der Waals surface area contributed by atoms with Crippen LogP contribution in [0.1, 0.15) is 16.7 Å². The van der Waals surface area contributed by atoms with Crippen molar-refractivity contribution in [2.24, 2.45) is 0 Å². The number of hydrogen-bond donors (Lipinski definition) is 0. The maximum absolute atomic E-state index is 12.3. The first-order valence-electron chi connectivity index (χ1n) is 6.45. The van der Waals surface area contributed by atoms with E-state index < -0.39 is 6.10 Å². The zero-order chi connectivity index (χ0) is 13.8. The van der Waals surface area contributed by atoms with E-state index in [0.29, 0.717) is 26.1 Å². The van der Waals surface area contributed by atoms with Crippen molar-refractivity contribution in [1.29, 1.82) is 5.26 Å². The lowest BCUT2D eigenvalue weighted by atomic mass is 10.0. The van der Waals surface area contributed by atoms with Gasteiger partial charge < -0.3 is 9.64 Å². The summed E-state index contributed by atoms with van der Waals surface area (Å²) in [6.45, 7) is 5.42. The van der Waals surface area contributed by atoms with E-state index in [2.05, 4.69) is 12.1 Å². The molecule has 1 aliphatic heterocycles. The number of amides is 1. The first-order chi connectivity index (χ1) is 9.10. The number of carbonyl (C=O) groups excluding carboxylic acids is 1. The summed E-state index contributed by atoms with van der Waals surface area (Å²) in [5.74, 6) is 0.0669. The molecule has 100 valence electrons. The number of morpholine rings is 1. The number of hydrogen-bond acceptors (Lipinski definition) is 3. The second-order valence-corrected chi connectivity index (χ2v) is 4.94. The van der Waals surface area contributed by atoms with Crippen LogP contribution in [0.5, 0.6) is 0 Å². The van der Waals surface area contributed by atoms with Gasteiger partial charge >= 0.3 is 0 Å². The van der Waals surface area contributed by atoms with Crippen molar-refractivity contribution in [1.82, 2.24) is 4.90 Å². The van der Waals surface area contributed by atoms with Crippen LogP contribution < -0.4 is 0 Å². The van der Waals surface area contributed by atoms with Gasteiger partial charge in [0.25, 0.3) is 0 Å². The maximum Gasteiger partial charge on any atom is 0.227 e. The molecule has 0 unspecified atom stereocenters. The van der Waals surface area contributed by atoms with Crippen LogP contribution in [0.4, 0.5) is 0 Å². The quantitative estimate of drug-likeness (QED) is 0.809. The van der Waals surface area contributed by atoms with Gasteiger partial charge in [-0.05, 0) is 25.0 Å². The van der Waals surface area contributed by atoms with Crippen molar-refractivity contribution in [3.8, 4) is 6.07 Å². The average molecular weight is 258 g/mol. The number of rotatable bonds is 2. The van der Waals surface area contributed by atoms with E-state index in [-0.39, 0.29) is 5.91 Å². The Kier molecular flexibility index (Phi) is 4.18. The number of aryl methyl sites for hydroxylation is 2. The topological polar surface area (TPSA) is 53.3 Å². The van der Waals surface area contributed by atoms with Crippen molar-refractivity contribution < 1.29 is 9.53 Å². The molecular weight excluding hydrogens is 240 g/mol. The minimum atomic E-state index is -0.490. The van der Waals surface area contributed by atoms with Crippen molar-refractivity contribution in [2.75, 3.05) is 19.7 Å². The standard InChI is InChI=1S/C15H18N2O2/c1-11-3-4-12(2)13(7-11)8-15(18)17-5-6-19-14(9-16)10-17/h3-4,7,14H,5-6,8,10H2,1-2H3/t14-/m0/s1. The summed E-state index contributed by atoms with van der Waals surface area (Å²) in [6, 6.07) is 8.19. The third-order valence-electron chi connectivity index (χ3n) is 3.41. The fraction of sp³-hybridized carbons (Fsp3) is 0.467. The molecule has 1 fully saturated rings. The largest absolute Gasteiger partial charge is 0.360 e. The van der Waals surface area contributed by atoms with Gasteiger partial charge in [0, 0.05) is 6.54 Å². The number of ether oxygens (including phenoxy) is 1. The van der Waals surface area contributed by atoms with E-state index in [9.17, 15) is 4.79 Å². The third kappa shape index (κ3) is 3.33. The summed E-state index contributed by atoms with van der Waals surface area (Å²) >= 11 is 0. The summed E-state index contributed by atoms with van der Waals surface area (Å²) in [7, 11) is 0.